The van der Waals surface area contributed by atoms with E-state index in [9.17, 15) is 4.39 Å². The first kappa shape index (κ1) is 17.6. The molecule has 22 heavy (non-hydrogen) atoms. The molecule has 0 unspecified atom stereocenters. The van der Waals surface area contributed by atoms with E-state index >= 15 is 0 Å². The summed E-state index contributed by atoms with van der Waals surface area (Å²) < 4.78 is 15.3. The van der Waals surface area contributed by atoms with Crippen LogP contribution in [0.1, 0.15) is 38.8 Å². The van der Waals surface area contributed by atoms with E-state index in [2.05, 4.69) is 10.1 Å². The van der Waals surface area contributed by atoms with E-state index in [-0.39, 0.29) is 5.82 Å². The van der Waals surface area contributed by atoms with Crippen LogP contribution in [0.5, 0.6) is 0 Å². The maximum Gasteiger partial charge on any atom is 0.155 e. The minimum atomic E-state index is -0.281. The Kier molecular flexibility index (Phi) is 7.02. The zero-order valence-corrected chi connectivity index (χ0v) is 13.5. The van der Waals surface area contributed by atoms with Gasteiger partial charge in [0, 0.05) is 18.3 Å². The lowest BCUT2D eigenvalue weighted by Crippen LogP contribution is -1.96. The Morgan fingerprint density at radius 3 is 2.50 bits per heavy atom. The number of hydrogen-bond donors (Lipinski definition) is 1. The molecule has 0 aliphatic rings. The van der Waals surface area contributed by atoms with Crippen molar-refractivity contribution in [3.8, 4) is 0 Å². The molecule has 2 N–H and O–H groups in total. The van der Waals surface area contributed by atoms with Crippen LogP contribution >= 0.6 is 0 Å². The first-order valence-electron chi connectivity index (χ1n) is 7.54. The zero-order chi connectivity index (χ0) is 16.5. The first-order valence-corrected chi connectivity index (χ1v) is 7.54. The second-order valence-corrected chi connectivity index (χ2v) is 4.13. The van der Waals surface area contributed by atoms with Crippen molar-refractivity contribution in [1.82, 2.24) is 14.6 Å². The van der Waals surface area contributed by atoms with E-state index in [0.717, 1.165) is 11.2 Å². The number of nitrogens with two attached hydrogens (primary N) is 1. The van der Waals surface area contributed by atoms with Crippen molar-refractivity contribution in [2.24, 2.45) is 0 Å². The lowest BCUT2D eigenvalue weighted by atomic mass is 10.1. The van der Waals surface area contributed by atoms with Crippen molar-refractivity contribution in [2.45, 2.75) is 34.1 Å². The molecule has 1 aromatic carbocycles. The summed E-state index contributed by atoms with van der Waals surface area (Å²) in [7, 11) is 0. The summed E-state index contributed by atoms with van der Waals surface area (Å²) in [6, 6.07) is 8.54. The van der Waals surface area contributed by atoms with Crippen LogP contribution in [0.2, 0.25) is 0 Å². The van der Waals surface area contributed by atoms with Crippen LogP contribution in [0.3, 0.4) is 0 Å². The topological polar surface area (TPSA) is 56.2 Å². The molecule has 3 rings (SSSR count). The van der Waals surface area contributed by atoms with Crippen LogP contribution in [-0.4, -0.2) is 14.6 Å². The highest BCUT2D eigenvalue weighted by molar-refractivity contribution is 5.44. The number of fused-ring (bicyclic) bond motifs is 1. The van der Waals surface area contributed by atoms with Gasteiger partial charge in [-0.15, -0.1) is 0 Å². The van der Waals surface area contributed by atoms with Crippen molar-refractivity contribution in [2.75, 3.05) is 5.73 Å². The molecule has 3 aromatic rings. The third kappa shape index (κ3) is 4.28. The third-order valence-corrected chi connectivity index (χ3v) is 2.82. The third-order valence-electron chi connectivity index (χ3n) is 2.82. The summed E-state index contributed by atoms with van der Waals surface area (Å²) >= 11 is 0. The quantitative estimate of drug-likeness (QED) is 0.725. The fraction of sp³-hybridized carbons (Fsp3) is 0.294. The van der Waals surface area contributed by atoms with Gasteiger partial charge in [-0.3, -0.25) is 0 Å². The smallest absolute Gasteiger partial charge is 0.155 e. The molecule has 0 atom stereocenters. The molecule has 4 nitrogen and oxygen atoms in total. The van der Waals surface area contributed by atoms with E-state index in [1.807, 2.05) is 46.0 Å². The van der Waals surface area contributed by atoms with Gasteiger partial charge in [0.1, 0.15) is 12.1 Å². The Morgan fingerprint density at radius 1 is 1.09 bits per heavy atom. The maximum atomic E-state index is 13.7. The van der Waals surface area contributed by atoms with Gasteiger partial charge in [-0.25, -0.2) is 13.9 Å². The molecule has 2 heterocycles. The van der Waals surface area contributed by atoms with Crippen molar-refractivity contribution in [3.05, 3.63) is 59.8 Å². The second-order valence-electron chi connectivity index (χ2n) is 4.13. The Labute approximate surface area is 130 Å². The van der Waals surface area contributed by atoms with Crippen LogP contribution in [-0.2, 0) is 6.42 Å². The molecular weight excluding hydrogens is 279 g/mol. The normalized spacial score (nSPS) is 9.50. The number of nitrogens with zero attached hydrogens (tertiary/aromatic N) is 3. The van der Waals surface area contributed by atoms with Crippen LogP contribution in [0.15, 0.2) is 42.9 Å². The molecule has 0 saturated heterocycles. The van der Waals surface area contributed by atoms with Crippen LogP contribution in [0.4, 0.5) is 10.1 Å². The van der Waals surface area contributed by atoms with Gasteiger partial charge in [0.05, 0.1) is 0 Å². The van der Waals surface area contributed by atoms with Gasteiger partial charge < -0.3 is 5.73 Å². The van der Waals surface area contributed by atoms with E-state index < -0.39 is 0 Å². The summed E-state index contributed by atoms with van der Waals surface area (Å²) in [6.45, 7) is 8.00. The Bertz CT molecular complexity index is 707. The molecule has 0 radical (unpaired) electrons. The summed E-state index contributed by atoms with van der Waals surface area (Å²) in [4.78, 5) is 4.10. The Balaban J connectivity index is 0.000000561. The molecule has 0 aliphatic heterocycles. The van der Waals surface area contributed by atoms with Gasteiger partial charge in [0.2, 0.25) is 0 Å². The molecule has 0 spiro atoms. The number of benzene rings is 1. The lowest BCUT2D eigenvalue weighted by molar-refractivity contribution is 0.614. The fourth-order valence-corrected chi connectivity index (χ4v) is 1.89. The lowest BCUT2D eigenvalue weighted by Gasteiger charge is -2.04. The summed E-state index contributed by atoms with van der Waals surface area (Å²) in [5.74, 6) is -0.281. The first-order chi connectivity index (χ1) is 10.7. The SMILES string of the molecule is CC.CC.Nc1ccc(Cc2ccn3ncnc3c2)c(F)c1. The fourth-order valence-electron chi connectivity index (χ4n) is 1.89. The molecule has 0 aliphatic carbocycles. The number of rotatable bonds is 2. The number of aromatic nitrogens is 3. The van der Waals surface area contributed by atoms with Crippen LogP contribution < -0.4 is 5.73 Å². The number of nitrogen functional groups attached to an aromatic ring is 1. The second kappa shape index (κ2) is 8.77. The zero-order valence-electron chi connectivity index (χ0n) is 13.5. The number of pyridine rings is 1. The molecule has 0 fully saturated rings. The van der Waals surface area contributed by atoms with Crippen LogP contribution in [0, 0.1) is 5.82 Å². The minimum Gasteiger partial charge on any atom is -0.399 e. The average molecular weight is 302 g/mol. The highest BCUT2D eigenvalue weighted by Gasteiger charge is 2.05. The molecular formula is C17H23FN4. The van der Waals surface area contributed by atoms with Crippen molar-refractivity contribution in [3.63, 3.8) is 0 Å². The van der Waals surface area contributed by atoms with E-state index in [1.54, 1.807) is 16.6 Å². The largest absolute Gasteiger partial charge is 0.399 e. The number of hydrogen-bond acceptors (Lipinski definition) is 3. The Hall–Kier alpha value is -2.43. The Morgan fingerprint density at radius 2 is 1.82 bits per heavy atom. The van der Waals surface area contributed by atoms with Gasteiger partial charge in [0.25, 0.3) is 0 Å². The number of halogens is 1. The average Bonchev–Trinajstić information content (AvgIpc) is 3.02. The van der Waals surface area contributed by atoms with Gasteiger partial charge >= 0.3 is 0 Å². The van der Waals surface area contributed by atoms with Crippen LogP contribution in [0.25, 0.3) is 5.65 Å². The van der Waals surface area contributed by atoms with Crippen molar-refractivity contribution in [1.29, 1.82) is 0 Å². The van der Waals surface area contributed by atoms with E-state index in [4.69, 9.17) is 5.73 Å². The predicted octanol–water partition coefficient (Wildman–Crippen LogP) is 4.09. The van der Waals surface area contributed by atoms with Gasteiger partial charge in [0.15, 0.2) is 5.65 Å². The van der Waals surface area contributed by atoms with Gasteiger partial charge in [-0.05, 0) is 35.4 Å². The molecule has 0 saturated carbocycles. The van der Waals surface area contributed by atoms with Gasteiger partial charge in [-0.2, -0.15) is 5.10 Å². The highest BCUT2D eigenvalue weighted by Crippen LogP contribution is 2.16. The van der Waals surface area contributed by atoms with Crippen molar-refractivity contribution < 1.29 is 4.39 Å². The summed E-state index contributed by atoms with van der Waals surface area (Å²) in [5.41, 5.74) is 8.31. The molecule has 2 aromatic heterocycles. The highest BCUT2D eigenvalue weighted by atomic mass is 19.1. The van der Waals surface area contributed by atoms with Gasteiger partial charge in [-0.1, -0.05) is 33.8 Å². The maximum absolute atomic E-state index is 13.7. The monoisotopic (exact) mass is 302 g/mol. The molecule has 5 heteroatoms. The number of anilines is 1. The molecule has 0 amide bonds. The summed E-state index contributed by atoms with van der Waals surface area (Å²) in [6.07, 6.45) is 3.81. The predicted molar refractivity (Wildman–Crippen MR) is 89.3 cm³/mol. The minimum absolute atomic E-state index is 0.281. The van der Waals surface area contributed by atoms with E-state index in [1.165, 1.54) is 12.4 Å². The summed E-state index contributed by atoms with van der Waals surface area (Å²) in [5, 5.41) is 4.01. The molecule has 0 bridgehead atoms. The molecule has 118 valence electrons. The van der Waals surface area contributed by atoms with Crippen molar-refractivity contribution >= 4 is 11.3 Å². The standard InChI is InChI=1S/C13H11FN4.2C2H6/c14-12-7-11(15)2-1-10(12)5-9-3-4-18-13(6-9)16-8-17-18;2*1-2/h1-4,6-8H,5,15H2;2*1-2H3. The van der Waals surface area contributed by atoms with E-state index in [0.29, 0.717) is 17.7 Å².